The molecule has 0 atom stereocenters. The van der Waals surface area contributed by atoms with Gasteiger partial charge < -0.3 is 26.1 Å². The van der Waals surface area contributed by atoms with Gasteiger partial charge in [0.1, 0.15) is 5.84 Å². The third kappa shape index (κ3) is 10.3. The number of piperidine rings is 1. The van der Waals surface area contributed by atoms with Gasteiger partial charge in [0.2, 0.25) is 5.69 Å². The molecule has 3 aromatic rings. The first kappa shape index (κ1) is 35.0. The molecular weight excluding hydrogens is 602 g/mol. The molecule has 236 valence electrons. The minimum atomic E-state index is -5.08. The van der Waals surface area contributed by atoms with E-state index in [1.165, 1.54) is 11.8 Å². The second-order valence-corrected chi connectivity index (χ2v) is 9.20. The highest BCUT2D eigenvalue weighted by molar-refractivity contribution is 5.95. The summed E-state index contributed by atoms with van der Waals surface area (Å²) in [5, 5.41) is 33.8. The average molecular weight is 629 g/mol. The summed E-state index contributed by atoms with van der Waals surface area (Å²) < 4.78 is 64.3. The lowest BCUT2D eigenvalue weighted by Crippen LogP contribution is -2.38. The number of carboxylic acid groups (broad SMARTS) is 2. The van der Waals surface area contributed by atoms with E-state index in [1.807, 2.05) is 41.3 Å². The Hall–Kier alpha value is -5.15. The van der Waals surface area contributed by atoms with Gasteiger partial charge >= 0.3 is 24.3 Å². The highest BCUT2D eigenvalue weighted by atomic mass is 19.4. The molecule has 1 fully saturated rings. The van der Waals surface area contributed by atoms with E-state index in [1.54, 1.807) is 24.3 Å². The number of nitrogens with two attached hydrogens (primary N) is 1. The fourth-order valence-electron chi connectivity index (χ4n) is 3.99. The molecule has 1 aromatic heterocycles. The summed E-state index contributed by atoms with van der Waals surface area (Å²) in [5.74, 6) is -5.06. The standard InChI is InChI=1S/C24H24N4O2.2C2HF3O2/c25-23(26)21-5-3-4-20(16-21)17-11-14-27(15-12-17)24(29)19-9-7-18(8-10-19)22-6-1-2-13-28(22)30;2*3-2(4,5)1(6)7/h1-10,13,16-17H,11-12,14-15H2,(H3,25,26);2*(H,6,7). The molecule has 10 nitrogen and oxygen atoms in total. The van der Waals surface area contributed by atoms with Crippen molar-refractivity contribution in [1.82, 2.24) is 4.90 Å². The number of nitrogens with zero attached hydrogens (tertiary/aromatic N) is 2. The maximum Gasteiger partial charge on any atom is 0.490 e. The smallest absolute Gasteiger partial charge is 0.490 e. The summed E-state index contributed by atoms with van der Waals surface area (Å²) in [6, 6.07) is 20.3. The molecular formula is C28H26F6N4O6. The number of halogens is 6. The van der Waals surface area contributed by atoms with Gasteiger partial charge in [0.15, 0.2) is 6.20 Å². The number of carbonyl (C=O) groups excluding carboxylic acids is 1. The van der Waals surface area contributed by atoms with E-state index < -0.39 is 24.3 Å². The molecule has 5 N–H and O–H groups in total. The second-order valence-electron chi connectivity index (χ2n) is 9.20. The summed E-state index contributed by atoms with van der Waals surface area (Å²) in [4.78, 5) is 32.6. The van der Waals surface area contributed by atoms with Crippen LogP contribution < -0.4 is 10.5 Å². The molecule has 1 saturated heterocycles. The van der Waals surface area contributed by atoms with Crippen molar-refractivity contribution in [3.05, 3.63) is 94.8 Å². The maximum atomic E-state index is 12.9. The molecule has 1 aliphatic heterocycles. The van der Waals surface area contributed by atoms with Gasteiger partial charge in [0, 0.05) is 41.9 Å². The molecule has 0 saturated carbocycles. The summed E-state index contributed by atoms with van der Waals surface area (Å²) in [6.45, 7) is 1.38. The fourth-order valence-corrected chi connectivity index (χ4v) is 3.99. The number of likely N-dealkylation sites (tertiary alicyclic amines) is 1. The SMILES string of the molecule is N=C(N)c1cccc(C2CCN(C(=O)c3ccc(-c4cccc[n+]4[O-])cc3)CC2)c1.O=C(O)C(F)(F)F.O=C(O)C(F)(F)F. The molecule has 2 aromatic carbocycles. The number of aliphatic carboxylic acids is 2. The zero-order valence-electron chi connectivity index (χ0n) is 22.6. The van der Waals surface area contributed by atoms with E-state index in [4.69, 9.17) is 30.9 Å². The third-order valence-electron chi connectivity index (χ3n) is 6.19. The van der Waals surface area contributed by atoms with Crippen molar-refractivity contribution in [2.24, 2.45) is 5.73 Å². The van der Waals surface area contributed by atoms with Crippen LogP contribution in [0, 0.1) is 10.6 Å². The minimum absolute atomic E-state index is 0.0144. The number of aromatic nitrogens is 1. The van der Waals surface area contributed by atoms with Crippen LogP contribution in [0.2, 0.25) is 0 Å². The van der Waals surface area contributed by atoms with Crippen LogP contribution in [0.25, 0.3) is 11.3 Å². The monoisotopic (exact) mass is 628 g/mol. The van der Waals surface area contributed by atoms with Gasteiger partial charge in [-0.05, 0) is 60.7 Å². The molecule has 1 aliphatic rings. The number of benzene rings is 2. The van der Waals surface area contributed by atoms with E-state index >= 15 is 0 Å². The van der Waals surface area contributed by atoms with E-state index in [9.17, 15) is 36.3 Å². The Morgan fingerprint density at radius 2 is 1.36 bits per heavy atom. The zero-order valence-corrected chi connectivity index (χ0v) is 22.6. The largest absolute Gasteiger partial charge is 0.618 e. The normalized spacial score (nSPS) is 13.5. The number of hydrogen-bond acceptors (Lipinski definition) is 5. The third-order valence-corrected chi connectivity index (χ3v) is 6.19. The van der Waals surface area contributed by atoms with Gasteiger partial charge in [-0.3, -0.25) is 10.2 Å². The van der Waals surface area contributed by atoms with Crippen molar-refractivity contribution in [3.63, 3.8) is 0 Å². The van der Waals surface area contributed by atoms with Crippen LogP contribution >= 0.6 is 0 Å². The van der Waals surface area contributed by atoms with E-state index in [0.717, 1.165) is 28.7 Å². The Morgan fingerprint density at radius 3 is 1.82 bits per heavy atom. The summed E-state index contributed by atoms with van der Waals surface area (Å²) in [7, 11) is 0. The Kier molecular flexibility index (Phi) is 11.8. The molecule has 16 heteroatoms. The molecule has 1 amide bonds. The highest BCUT2D eigenvalue weighted by Crippen LogP contribution is 2.29. The van der Waals surface area contributed by atoms with Crippen LogP contribution in [0.15, 0.2) is 72.9 Å². The Balaban J connectivity index is 0.000000402. The number of amidine groups is 1. The number of alkyl halides is 6. The van der Waals surface area contributed by atoms with Crippen LogP contribution in [0.4, 0.5) is 26.3 Å². The topological polar surface area (TPSA) is 172 Å². The van der Waals surface area contributed by atoms with Gasteiger partial charge in [-0.2, -0.15) is 31.1 Å². The number of rotatable bonds is 4. The van der Waals surface area contributed by atoms with Gasteiger partial charge in [0.05, 0.1) is 0 Å². The minimum Gasteiger partial charge on any atom is -0.618 e. The first-order chi connectivity index (χ1) is 20.4. The van der Waals surface area contributed by atoms with E-state index in [-0.39, 0.29) is 11.7 Å². The van der Waals surface area contributed by atoms with Crippen LogP contribution in [0.1, 0.15) is 40.2 Å². The quantitative estimate of drug-likeness (QED) is 0.108. The van der Waals surface area contributed by atoms with Gasteiger partial charge in [-0.15, -0.1) is 0 Å². The van der Waals surface area contributed by atoms with Crippen LogP contribution in [0.5, 0.6) is 0 Å². The predicted octanol–water partition coefficient (Wildman–Crippen LogP) is 4.56. The zero-order chi connectivity index (χ0) is 33.2. The first-order valence-corrected chi connectivity index (χ1v) is 12.5. The van der Waals surface area contributed by atoms with Crippen molar-refractivity contribution < 1.29 is 55.7 Å². The maximum absolute atomic E-state index is 12.9. The Labute approximate surface area is 246 Å². The molecule has 4 rings (SSSR count). The summed E-state index contributed by atoms with van der Waals surface area (Å²) >= 11 is 0. The van der Waals surface area contributed by atoms with Crippen molar-refractivity contribution >= 4 is 23.7 Å². The molecule has 0 radical (unpaired) electrons. The van der Waals surface area contributed by atoms with E-state index in [0.29, 0.717) is 30.3 Å². The molecule has 0 unspecified atom stereocenters. The number of nitrogen functional groups attached to an aromatic ring is 1. The molecule has 44 heavy (non-hydrogen) atoms. The number of carbonyl (C=O) groups is 3. The van der Waals surface area contributed by atoms with Crippen LogP contribution in [-0.2, 0) is 9.59 Å². The Morgan fingerprint density at radius 1 is 0.841 bits per heavy atom. The molecule has 0 bridgehead atoms. The molecule has 0 aliphatic carbocycles. The second kappa shape index (κ2) is 14.8. The molecule has 2 heterocycles. The lowest BCUT2D eigenvalue weighted by atomic mass is 9.88. The fraction of sp³-hybridized carbons (Fsp3) is 0.250. The number of nitrogens with one attached hydrogen (secondary N) is 1. The Bertz CT molecular complexity index is 1450. The summed E-state index contributed by atoms with van der Waals surface area (Å²) in [5.41, 5.74) is 9.49. The number of pyridine rings is 1. The first-order valence-electron chi connectivity index (χ1n) is 12.5. The highest BCUT2D eigenvalue weighted by Gasteiger charge is 2.38. The van der Waals surface area contributed by atoms with Crippen molar-refractivity contribution in [3.8, 4) is 11.3 Å². The van der Waals surface area contributed by atoms with Crippen LogP contribution in [-0.4, -0.2) is 64.2 Å². The van der Waals surface area contributed by atoms with Gasteiger partial charge in [0.25, 0.3) is 5.91 Å². The molecule has 0 spiro atoms. The summed E-state index contributed by atoms with van der Waals surface area (Å²) in [6.07, 6.45) is -6.94. The van der Waals surface area contributed by atoms with Crippen molar-refractivity contribution in [2.45, 2.75) is 31.1 Å². The number of amides is 1. The van der Waals surface area contributed by atoms with Crippen molar-refractivity contribution in [2.75, 3.05) is 13.1 Å². The predicted molar refractivity (Wildman–Crippen MR) is 144 cm³/mol. The van der Waals surface area contributed by atoms with Crippen molar-refractivity contribution in [1.29, 1.82) is 5.41 Å². The van der Waals surface area contributed by atoms with Gasteiger partial charge in [-0.1, -0.05) is 18.2 Å². The lowest BCUT2D eigenvalue weighted by Gasteiger charge is -2.32. The van der Waals surface area contributed by atoms with Gasteiger partial charge in [-0.25, -0.2) is 9.59 Å². The number of hydrogen-bond donors (Lipinski definition) is 4. The average Bonchev–Trinajstić information content (AvgIpc) is 2.97. The van der Waals surface area contributed by atoms with E-state index in [2.05, 4.69) is 6.07 Å². The number of carboxylic acids is 2. The van der Waals surface area contributed by atoms with Crippen LogP contribution in [0.3, 0.4) is 0 Å². The lowest BCUT2D eigenvalue weighted by molar-refractivity contribution is -0.593.